The van der Waals surface area contributed by atoms with Crippen LogP contribution in [-0.2, 0) is 11.2 Å². The van der Waals surface area contributed by atoms with Gasteiger partial charge in [-0.3, -0.25) is 9.78 Å². The van der Waals surface area contributed by atoms with Crippen molar-refractivity contribution >= 4 is 11.9 Å². The Balaban J connectivity index is 2.13. The molecule has 2 rings (SSSR count). The van der Waals surface area contributed by atoms with Crippen LogP contribution in [0.5, 0.6) is 5.75 Å². The number of nitrogens with zero attached hydrogens (tertiary/aromatic N) is 2. The zero-order valence-electron chi connectivity index (χ0n) is 11.2. The van der Waals surface area contributed by atoms with Crippen LogP contribution in [0.25, 0.3) is 0 Å². The van der Waals surface area contributed by atoms with E-state index in [0.717, 1.165) is 0 Å². The number of aliphatic carboxylic acids is 1. The molecule has 2 aromatic rings. The molecule has 8 heteroatoms. The van der Waals surface area contributed by atoms with Crippen molar-refractivity contribution in [2.45, 2.75) is 12.5 Å². The predicted molar refractivity (Wildman–Crippen MR) is 72.0 cm³/mol. The smallest absolute Gasteiger partial charge is 0.326 e. The summed E-state index contributed by atoms with van der Waals surface area (Å²) in [4.78, 5) is 33.9. The molecule has 21 heavy (non-hydrogen) atoms. The summed E-state index contributed by atoms with van der Waals surface area (Å²) in [5, 5.41) is 11.7. The van der Waals surface area contributed by atoms with Crippen LogP contribution in [0.15, 0.2) is 31.0 Å². The summed E-state index contributed by atoms with van der Waals surface area (Å²) in [6.45, 7) is 0. The van der Waals surface area contributed by atoms with Gasteiger partial charge in [-0.15, -0.1) is 0 Å². The third kappa shape index (κ3) is 3.56. The second kappa shape index (κ2) is 6.51. The Morgan fingerprint density at radius 2 is 2.24 bits per heavy atom. The van der Waals surface area contributed by atoms with Crippen molar-refractivity contribution in [1.82, 2.24) is 20.3 Å². The molecule has 0 aliphatic carbocycles. The van der Waals surface area contributed by atoms with Gasteiger partial charge in [0.2, 0.25) is 0 Å². The van der Waals surface area contributed by atoms with E-state index in [1.54, 1.807) is 0 Å². The van der Waals surface area contributed by atoms with Crippen molar-refractivity contribution in [3.8, 4) is 5.75 Å². The summed E-state index contributed by atoms with van der Waals surface area (Å²) in [6.07, 6.45) is 5.88. The second-order valence-corrected chi connectivity index (χ2v) is 4.22. The number of aromatic amines is 1. The number of methoxy groups -OCH3 is 1. The van der Waals surface area contributed by atoms with Crippen molar-refractivity contribution in [2.75, 3.05) is 7.11 Å². The number of carboxylic acid groups (broad SMARTS) is 1. The minimum atomic E-state index is -1.13. The van der Waals surface area contributed by atoms with Crippen LogP contribution in [0, 0.1) is 0 Å². The highest BCUT2D eigenvalue weighted by Crippen LogP contribution is 2.15. The van der Waals surface area contributed by atoms with E-state index < -0.39 is 17.9 Å². The Kier molecular flexibility index (Phi) is 4.50. The Bertz CT molecular complexity index is 627. The van der Waals surface area contributed by atoms with Crippen molar-refractivity contribution in [2.24, 2.45) is 0 Å². The molecule has 0 radical (unpaired) electrons. The van der Waals surface area contributed by atoms with Gasteiger partial charge < -0.3 is 20.1 Å². The monoisotopic (exact) mass is 290 g/mol. The van der Waals surface area contributed by atoms with E-state index in [4.69, 9.17) is 4.74 Å². The highest BCUT2D eigenvalue weighted by atomic mass is 16.5. The summed E-state index contributed by atoms with van der Waals surface area (Å²) in [5.74, 6) is -1.40. The first-order valence-electron chi connectivity index (χ1n) is 6.10. The van der Waals surface area contributed by atoms with E-state index in [-0.39, 0.29) is 17.7 Å². The zero-order chi connectivity index (χ0) is 15.2. The van der Waals surface area contributed by atoms with E-state index in [2.05, 4.69) is 20.3 Å². The van der Waals surface area contributed by atoms with E-state index >= 15 is 0 Å². The number of rotatable bonds is 6. The molecule has 1 amide bonds. The molecule has 1 atom stereocenters. The van der Waals surface area contributed by atoms with Gasteiger partial charge in [-0.25, -0.2) is 9.78 Å². The minimum absolute atomic E-state index is 0.106. The Hall–Kier alpha value is -2.90. The fraction of sp³-hybridized carbons (Fsp3) is 0.231. The number of hydrogen-bond acceptors (Lipinski definition) is 5. The van der Waals surface area contributed by atoms with Crippen LogP contribution in [0.1, 0.15) is 16.1 Å². The number of carbonyl (C=O) groups excluding carboxylic acids is 1. The summed E-state index contributed by atoms with van der Waals surface area (Å²) >= 11 is 0. The lowest BCUT2D eigenvalue weighted by molar-refractivity contribution is -0.139. The highest BCUT2D eigenvalue weighted by Gasteiger charge is 2.23. The number of carboxylic acids is 1. The molecule has 110 valence electrons. The molecule has 3 N–H and O–H groups in total. The maximum absolute atomic E-state index is 12.2. The van der Waals surface area contributed by atoms with Crippen LogP contribution in [-0.4, -0.2) is 45.1 Å². The standard InChI is InChI=1S/C13H14N4O4/c1-21-11-6-14-3-2-9(11)12(18)17-10(13(19)20)4-8-5-15-7-16-8/h2-3,5-7,10H,4H2,1H3,(H,15,16)(H,17,18)(H,19,20)/t10-/m0/s1. The fourth-order valence-corrected chi connectivity index (χ4v) is 1.78. The maximum atomic E-state index is 12.2. The van der Waals surface area contributed by atoms with Crippen molar-refractivity contribution < 1.29 is 19.4 Å². The lowest BCUT2D eigenvalue weighted by Crippen LogP contribution is -2.42. The van der Waals surface area contributed by atoms with Gasteiger partial charge in [0.15, 0.2) is 0 Å². The topological polar surface area (TPSA) is 117 Å². The number of imidazole rings is 1. The number of nitrogens with one attached hydrogen (secondary N) is 2. The third-order valence-corrected chi connectivity index (χ3v) is 2.83. The highest BCUT2D eigenvalue weighted by molar-refractivity contribution is 5.98. The lowest BCUT2D eigenvalue weighted by atomic mass is 10.1. The molecule has 0 saturated carbocycles. The van der Waals surface area contributed by atoms with Crippen molar-refractivity contribution in [1.29, 1.82) is 0 Å². The molecule has 2 aromatic heterocycles. The summed E-state index contributed by atoms with van der Waals surface area (Å²) < 4.78 is 5.03. The molecule has 0 aromatic carbocycles. The predicted octanol–water partition coefficient (Wildman–Crippen LogP) is 0.239. The largest absolute Gasteiger partial charge is 0.494 e. The van der Waals surface area contributed by atoms with Gasteiger partial charge in [0.25, 0.3) is 5.91 Å². The SMILES string of the molecule is COc1cnccc1C(=O)N[C@@H](Cc1cnc[nH]1)C(=O)O. The second-order valence-electron chi connectivity index (χ2n) is 4.22. The average Bonchev–Trinajstić information content (AvgIpc) is 2.99. The van der Waals surface area contributed by atoms with E-state index in [0.29, 0.717) is 5.69 Å². The van der Waals surface area contributed by atoms with E-state index in [9.17, 15) is 14.7 Å². The van der Waals surface area contributed by atoms with Gasteiger partial charge in [-0.2, -0.15) is 0 Å². The van der Waals surface area contributed by atoms with Crippen molar-refractivity contribution in [3.63, 3.8) is 0 Å². The number of amides is 1. The number of hydrogen-bond donors (Lipinski definition) is 3. The van der Waals surface area contributed by atoms with Gasteiger partial charge in [-0.05, 0) is 6.07 Å². The molecule has 0 saturated heterocycles. The fourth-order valence-electron chi connectivity index (χ4n) is 1.78. The van der Waals surface area contributed by atoms with Crippen LogP contribution in [0.3, 0.4) is 0 Å². The third-order valence-electron chi connectivity index (χ3n) is 2.83. The molecule has 0 aliphatic heterocycles. The number of aromatic nitrogens is 3. The summed E-state index contributed by atoms with van der Waals surface area (Å²) in [5.41, 5.74) is 0.841. The van der Waals surface area contributed by atoms with Crippen molar-refractivity contribution in [3.05, 3.63) is 42.2 Å². The zero-order valence-corrected chi connectivity index (χ0v) is 11.2. The summed E-state index contributed by atoms with van der Waals surface area (Å²) in [6, 6.07) is 0.388. The van der Waals surface area contributed by atoms with Gasteiger partial charge >= 0.3 is 5.97 Å². The first-order valence-corrected chi connectivity index (χ1v) is 6.10. The van der Waals surface area contributed by atoms with E-state index in [1.165, 1.54) is 38.1 Å². The Morgan fingerprint density at radius 3 is 2.86 bits per heavy atom. The lowest BCUT2D eigenvalue weighted by Gasteiger charge is -2.14. The number of ether oxygens (including phenoxy) is 1. The van der Waals surface area contributed by atoms with Gasteiger partial charge in [0, 0.05) is 24.5 Å². The van der Waals surface area contributed by atoms with Gasteiger partial charge in [0.1, 0.15) is 11.8 Å². The molecule has 0 fully saturated rings. The van der Waals surface area contributed by atoms with Crippen LogP contribution < -0.4 is 10.1 Å². The molecule has 0 aliphatic rings. The van der Waals surface area contributed by atoms with Gasteiger partial charge in [0.05, 0.1) is 25.2 Å². The van der Waals surface area contributed by atoms with Crippen LogP contribution in [0.2, 0.25) is 0 Å². The quantitative estimate of drug-likeness (QED) is 0.701. The minimum Gasteiger partial charge on any atom is -0.494 e. The molecule has 8 nitrogen and oxygen atoms in total. The molecule has 0 bridgehead atoms. The Labute approximate surface area is 120 Å². The Morgan fingerprint density at radius 1 is 1.43 bits per heavy atom. The van der Waals surface area contributed by atoms with Crippen LogP contribution >= 0.6 is 0 Å². The molecular formula is C13H14N4O4. The molecule has 2 heterocycles. The number of pyridine rings is 1. The molecule has 0 spiro atoms. The first kappa shape index (κ1) is 14.5. The average molecular weight is 290 g/mol. The number of H-pyrrole nitrogens is 1. The number of carbonyl (C=O) groups is 2. The molecule has 0 unspecified atom stereocenters. The van der Waals surface area contributed by atoms with E-state index in [1.807, 2.05) is 0 Å². The summed E-state index contributed by atoms with van der Waals surface area (Å²) in [7, 11) is 1.41. The molecular weight excluding hydrogens is 276 g/mol. The normalized spacial score (nSPS) is 11.7. The maximum Gasteiger partial charge on any atom is 0.326 e. The van der Waals surface area contributed by atoms with Gasteiger partial charge in [-0.1, -0.05) is 0 Å². The first-order chi connectivity index (χ1) is 10.1. The van der Waals surface area contributed by atoms with Crippen LogP contribution in [0.4, 0.5) is 0 Å².